The molecule has 0 bridgehead atoms. The first-order chi connectivity index (χ1) is 14.2. The van der Waals surface area contributed by atoms with Gasteiger partial charge in [-0.25, -0.2) is 9.50 Å². The van der Waals surface area contributed by atoms with Crippen molar-refractivity contribution in [2.75, 3.05) is 5.32 Å². The quantitative estimate of drug-likeness (QED) is 0.550. The third-order valence-electron chi connectivity index (χ3n) is 4.39. The van der Waals surface area contributed by atoms with E-state index in [4.69, 9.17) is 0 Å². The van der Waals surface area contributed by atoms with Gasteiger partial charge in [0.15, 0.2) is 17.2 Å². The molecule has 0 unspecified atom stereocenters. The van der Waals surface area contributed by atoms with E-state index in [-0.39, 0.29) is 22.9 Å². The Morgan fingerprint density at radius 3 is 2.63 bits per heavy atom. The molecule has 3 heterocycles. The fourth-order valence-electron chi connectivity index (χ4n) is 3.11. The summed E-state index contributed by atoms with van der Waals surface area (Å²) in [5.74, 6) is -0.406. The van der Waals surface area contributed by atoms with E-state index in [2.05, 4.69) is 20.5 Å². The van der Waals surface area contributed by atoms with E-state index >= 15 is 0 Å². The van der Waals surface area contributed by atoms with Crippen LogP contribution >= 0.6 is 0 Å². The zero-order chi connectivity index (χ0) is 21.5. The predicted octanol–water partition coefficient (Wildman–Crippen LogP) is 3.86. The number of carbonyl (C=O) groups excluding carboxylic acids is 1. The Hall–Kier alpha value is -3.69. The molecule has 1 aromatic carbocycles. The number of alkyl halides is 3. The Kier molecular flexibility index (Phi) is 4.76. The second-order valence-corrected chi connectivity index (χ2v) is 6.92. The van der Waals surface area contributed by atoms with Crippen LogP contribution in [0.15, 0.2) is 48.7 Å². The van der Waals surface area contributed by atoms with E-state index < -0.39 is 17.8 Å². The molecule has 154 valence electrons. The number of fused-ring (bicyclic) bond motifs is 1. The van der Waals surface area contributed by atoms with Crippen LogP contribution in [0, 0.1) is 13.8 Å². The van der Waals surface area contributed by atoms with Crippen LogP contribution in [-0.2, 0) is 12.7 Å². The number of hydrogen-bond acceptors (Lipinski definition) is 4. The first kappa shape index (κ1) is 19.6. The monoisotopic (exact) mass is 414 g/mol. The summed E-state index contributed by atoms with van der Waals surface area (Å²) >= 11 is 0. The van der Waals surface area contributed by atoms with Crippen molar-refractivity contribution in [1.29, 1.82) is 0 Å². The van der Waals surface area contributed by atoms with Gasteiger partial charge in [0.25, 0.3) is 5.91 Å². The standard InChI is InChI=1S/C20H17F3N6O/c1-12-4-3-5-14(8-12)11-28-7-6-17(27-28)25-19(30)15-10-18-24-13(2)9-16(20(21,22)23)29(18)26-15/h3-10H,11H2,1-2H3,(H,25,27,30). The Bertz CT molecular complexity index is 1240. The molecule has 0 spiro atoms. The first-order valence-corrected chi connectivity index (χ1v) is 9.04. The smallest absolute Gasteiger partial charge is 0.304 e. The first-order valence-electron chi connectivity index (χ1n) is 9.04. The fraction of sp³-hybridized carbons (Fsp3) is 0.200. The average Bonchev–Trinajstić information content (AvgIpc) is 3.27. The lowest BCUT2D eigenvalue weighted by Gasteiger charge is -2.09. The molecule has 0 aliphatic carbocycles. The van der Waals surface area contributed by atoms with E-state index in [1.807, 2.05) is 31.2 Å². The molecule has 0 aliphatic rings. The summed E-state index contributed by atoms with van der Waals surface area (Å²) in [6, 6.07) is 11.6. The van der Waals surface area contributed by atoms with Crippen LogP contribution in [0.5, 0.6) is 0 Å². The minimum atomic E-state index is -4.62. The van der Waals surface area contributed by atoms with Crippen LogP contribution in [0.1, 0.15) is 33.0 Å². The van der Waals surface area contributed by atoms with E-state index in [0.29, 0.717) is 11.1 Å². The summed E-state index contributed by atoms with van der Waals surface area (Å²) in [6.07, 6.45) is -2.92. The van der Waals surface area contributed by atoms with Crippen molar-refractivity contribution in [3.63, 3.8) is 0 Å². The largest absolute Gasteiger partial charge is 0.433 e. The van der Waals surface area contributed by atoms with Crippen molar-refractivity contribution in [3.8, 4) is 0 Å². The molecule has 0 saturated heterocycles. The molecular formula is C20H17F3N6O. The number of nitrogens with one attached hydrogen (secondary N) is 1. The number of rotatable bonds is 4. The summed E-state index contributed by atoms with van der Waals surface area (Å²) in [5.41, 5.74) is 1.12. The van der Waals surface area contributed by atoms with E-state index in [1.54, 1.807) is 16.9 Å². The number of halogens is 3. The fourth-order valence-corrected chi connectivity index (χ4v) is 3.11. The summed E-state index contributed by atoms with van der Waals surface area (Å²) < 4.78 is 42.1. The average molecular weight is 414 g/mol. The number of anilines is 1. The number of amides is 1. The Labute approximate surface area is 169 Å². The Balaban J connectivity index is 1.54. The summed E-state index contributed by atoms with van der Waals surface area (Å²) in [4.78, 5) is 16.5. The number of carbonyl (C=O) groups is 1. The molecule has 1 amide bonds. The van der Waals surface area contributed by atoms with Crippen molar-refractivity contribution >= 4 is 17.4 Å². The maximum absolute atomic E-state index is 13.3. The molecule has 4 rings (SSSR count). The highest BCUT2D eigenvalue weighted by atomic mass is 19.4. The Morgan fingerprint density at radius 1 is 1.10 bits per heavy atom. The molecule has 0 atom stereocenters. The third kappa shape index (κ3) is 4.02. The zero-order valence-corrected chi connectivity index (χ0v) is 16.1. The van der Waals surface area contributed by atoms with Crippen molar-refractivity contribution in [1.82, 2.24) is 24.4 Å². The minimum Gasteiger partial charge on any atom is -0.304 e. The van der Waals surface area contributed by atoms with Gasteiger partial charge in [-0.05, 0) is 25.5 Å². The van der Waals surface area contributed by atoms with Crippen LogP contribution in [0.4, 0.5) is 19.0 Å². The van der Waals surface area contributed by atoms with Gasteiger partial charge >= 0.3 is 6.18 Å². The minimum absolute atomic E-state index is 0.0579. The van der Waals surface area contributed by atoms with Gasteiger partial charge in [0.1, 0.15) is 5.69 Å². The van der Waals surface area contributed by atoms with Crippen LogP contribution in [0.3, 0.4) is 0 Å². The number of hydrogen-bond donors (Lipinski definition) is 1. The molecule has 0 fully saturated rings. The highest BCUT2D eigenvalue weighted by Crippen LogP contribution is 2.29. The van der Waals surface area contributed by atoms with Crippen molar-refractivity contribution in [2.45, 2.75) is 26.6 Å². The van der Waals surface area contributed by atoms with E-state index in [9.17, 15) is 18.0 Å². The lowest BCUT2D eigenvalue weighted by molar-refractivity contribution is -0.142. The van der Waals surface area contributed by atoms with Gasteiger partial charge in [0.2, 0.25) is 0 Å². The molecule has 0 aliphatic heterocycles. The topological polar surface area (TPSA) is 77.1 Å². The molecule has 0 radical (unpaired) electrons. The summed E-state index contributed by atoms with van der Waals surface area (Å²) in [6.45, 7) is 3.96. The van der Waals surface area contributed by atoms with Crippen LogP contribution in [0.25, 0.3) is 5.65 Å². The molecular weight excluding hydrogens is 397 g/mol. The SMILES string of the molecule is Cc1cccc(Cn2ccc(NC(=O)c3cc4nc(C)cc(C(F)(F)F)n4n3)n2)c1. The molecule has 10 heteroatoms. The van der Waals surface area contributed by atoms with Crippen molar-refractivity contribution in [3.05, 3.63) is 76.9 Å². The Morgan fingerprint density at radius 2 is 1.90 bits per heavy atom. The maximum Gasteiger partial charge on any atom is 0.433 e. The molecule has 1 N–H and O–H groups in total. The predicted molar refractivity (Wildman–Crippen MR) is 103 cm³/mol. The molecule has 3 aromatic heterocycles. The van der Waals surface area contributed by atoms with Gasteiger partial charge in [-0.1, -0.05) is 29.8 Å². The van der Waals surface area contributed by atoms with Gasteiger partial charge in [-0.2, -0.15) is 23.4 Å². The molecule has 4 aromatic rings. The normalized spacial score (nSPS) is 11.8. The summed E-state index contributed by atoms with van der Waals surface area (Å²) in [7, 11) is 0. The van der Waals surface area contributed by atoms with Gasteiger partial charge in [0.05, 0.1) is 6.54 Å². The van der Waals surface area contributed by atoms with Crippen LogP contribution < -0.4 is 5.32 Å². The second kappa shape index (κ2) is 7.29. The van der Waals surface area contributed by atoms with Gasteiger partial charge in [-0.15, -0.1) is 0 Å². The molecule has 0 saturated carbocycles. The number of aromatic nitrogens is 5. The van der Waals surface area contributed by atoms with Crippen molar-refractivity contribution in [2.24, 2.45) is 0 Å². The second-order valence-electron chi connectivity index (χ2n) is 6.92. The number of nitrogens with zero attached hydrogens (tertiary/aromatic N) is 5. The lowest BCUT2D eigenvalue weighted by Crippen LogP contribution is -2.16. The zero-order valence-electron chi connectivity index (χ0n) is 16.1. The van der Waals surface area contributed by atoms with Gasteiger partial charge < -0.3 is 5.32 Å². The molecule has 30 heavy (non-hydrogen) atoms. The third-order valence-corrected chi connectivity index (χ3v) is 4.39. The molecule has 7 nitrogen and oxygen atoms in total. The van der Waals surface area contributed by atoms with E-state index in [0.717, 1.165) is 17.2 Å². The van der Waals surface area contributed by atoms with E-state index in [1.165, 1.54) is 13.0 Å². The summed E-state index contributed by atoms with van der Waals surface area (Å²) in [5, 5.41) is 10.6. The van der Waals surface area contributed by atoms with Gasteiger partial charge in [0, 0.05) is 24.0 Å². The lowest BCUT2D eigenvalue weighted by atomic mass is 10.1. The van der Waals surface area contributed by atoms with Crippen LogP contribution in [-0.4, -0.2) is 30.3 Å². The maximum atomic E-state index is 13.3. The highest BCUT2D eigenvalue weighted by Gasteiger charge is 2.35. The number of benzene rings is 1. The van der Waals surface area contributed by atoms with Crippen LogP contribution in [0.2, 0.25) is 0 Å². The highest BCUT2D eigenvalue weighted by molar-refractivity contribution is 6.02. The van der Waals surface area contributed by atoms with Crippen molar-refractivity contribution < 1.29 is 18.0 Å². The van der Waals surface area contributed by atoms with Gasteiger partial charge in [-0.3, -0.25) is 9.48 Å². The number of aryl methyl sites for hydroxylation is 2.